The van der Waals surface area contributed by atoms with Gasteiger partial charge < -0.3 is 9.47 Å². The molecule has 0 saturated carbocycles. The molecule has 0 saturated heterocycles. The first-order valence-corrected chi connectivity index (χ1v) is 3.78. The van der Waals surface area contributed by atoms with Crippen molar-refractivity contribution in [3.63, 3.8) is 0 Å². The number of carbonyl (C=O) groups is 1. The Hall–Kier alpha value is -0.570. The van der Waals surface area contributed by atoms with Crippen LogP contribution in [0, 0.1) is 6.92 Å². The molecule has 0 aliphatic rings. The fraction of sp³-hybridized carbons (Fsp3) is 0.750. The van der Waals surface area contributed by atoms with E-state index in [-0.39, 0.29) is 5.97 Å². The number of hydrogen-bond acceptors (Lipinski definition) is 3. The maximum Gasteiger partial charge on any atom is 0.304 e. The van der Waals surface area contributed by atoms with Crippen molar-refractivity contribution in [2.75, 3.05) is 6.61 Å². The highest BCUT2D eigenvalue weighted by Gasteiger charge is 2.07. The lowest BCUT2D eigenvalue weighted by Crippen LogP contribution is -2.19. The van der Waals surface area contributed by atoms with Crippen molar-refractivity contribution in [1.82, 2.24) is 0 Å². The Balaban J connectivity index is 3.49. The molecule has 0 aromatic heterocycles. The van der Waals surface area contributed by atoms with Crippen molar-refractivity contribution in [1.29, 1.82) is 0 Å². The van der Waals surface area contributed by atoms with Crippen LogP contribution in [0.2, 0.25) is 0 Å². The monoisotopic (exact) mass is 159 g/mol. The Morgan fingerprint density at radius 2 is 2.27 bits per heavy atom. The molecule has 0 amide bonds. The second-order valence-electron chi connectivity index (χ2n) is 2.20. The third kappa shape index (κ3) is 5.85. The molecule has 0 aliphatic heterocycles. The molecule has 0 aromatic rings. The van der Waals surface area contributed by atoms with Gasteiger partial charge in [0.15, 0.2) is 0 Å². The molecular formula is C8H15O3. The van der Waals surface area contributed by atoms with Gasteiger partial charge in [-0.25, -0.2) is 0 Å². The summed E-state index contributed by atoms with van der Waals surface area (Å²) in [5.41, 5.74) is 0. The Morgan fingerprint density at radius 3 is 2.64 bits per heavy atom. The van der Waals surface area contributed by atoms with E-state index in [2.05, 4.69) is 6.92 Å². The zero-order valence-electron chi connectivity index (χ0n) is 7.13. The lowest BCUT2D eigenvalue weighted by Gasteiger charge is -2.14. The van der Waals surface area contributed by atoms with E-state index in [9.17, 15) is 4.79 Å². The average Bonchev–Trinajstić information content (AvgIpc) is 1.97. The lowest BCUT2D eigenvalue weighted by molar-refractivity contribution is -0.175. The fourth-order valence-electron chi connectivity index (χ4n) is 0.611. The normalized spacial score (nSPS) is 12.6. The molecule has 0 N–H and O–H groups in total. The van der Waals surface area contributed by atoms with Gasteiger partial charge in [-0.1, -0.05) is 6.92 Å². The highest BCUT2D eigenvalue weighted by molar-refractivity contribution is 5.66. The largest absolute Gasteiger partial charge is 0.436 e. The molecule has 0 spiro atoms. The average molecular weight is 159 g/mol. The maximum atomic E-state index is 10.4. The van der Waals surface area contributed by atoms with Gasteiger partial charge >= 0.3 is 5.97 Å². The van der Waals surface area contributed by atoms with Gasteiger partial charge in [0.1, 0.15) is 0 Å². The van der Waals surface area contributed by atoms with E-state index in [1.807, 2.05) is 6.92 Å². The summed E-state index contributed by atoms with van der Waals surface area (Å²) < 4.78 is 9.92. The Labute approximate surface area is 67.7 Å². The van der Waals surface area contributed by atoms with E-state index in [0.29, 0.717) is 13.0 Å². The molecule has 0 aromatic carbocycles. The predicted molar refractivity (Wildman–Crippen MR) is 41.8 cm³/mol. The molecular weight excluding hydrogens is 144 g/mol. The third-order valence-corrected chi connectivity index (χ3v) is 1.04. The first kappa shape index (κ1) is 10.4. The van der Waals surface area contributed by atoms with Crippen molar-refractivity contribution in [3.8, 4) is 0 Å². The summed E-state index contributed by atoms with van der Waals surface area (Å²) in [6.07, 6.45) is 0.907. The van der Waals surface area contributed by atoms with Gasteiger partial charge in [-0.15, -0.1) is 0 Å². The SMILES string of the molecule is [CH2]CC(OCCC)OC(C)=O. The quantitative estimate of drug-likeness (QED) is 0.450. The third-order valence-electron chi connectivity index (χ3n) is 1.04. The van der Waals surface area contributed by atoms with Gasteiger partial charge in [-0.05, 0) is 13.3 Å². The van der Waals surface area contributed by atoms with Crippen molar-refractivity contribution in [2.24, 2.45) is 0 Å². The summed E-state index contributed by atoms with van der Waals surface area (Å²) in [6.45, 7) is 7.55. The standard InChI is InChI=1S/C8H15O3/c1-4-6-10-8(5-2)11-7(3)9/h8H,2,4-6H2,1,3H3. The highest BCUT2D eigenvalue weighted by atomic mass is 16.7. The molecule has 11 heavy (non-hydrogen) atoms. The summed E-state index contributed by atoms with van der Waals surface area (Å²) >= 11 is 0. The van der Waals surface area contributed by atoms with Crippen LogP contribution in [0.4, 0.5) is 0 Å². The molecule has 0 rings (SSSR count). The predicted octanol–water partition coefficient (Wildman–Crippen LogP) is 1.53. The molecule has 1 radical (unpaired) electrons. The van der Waals surface area contributed by atoms with Gasteiger partial charge in [-0.2, -0.15) is 0 Å². The van der Waals surface area contributed by atoms with E-state index in [1.54, 1.807) is 0 Å². The minimum atomic E-state index is -0.465. The van der Waals surface area contributed by atoms with E-state index >= 15 is 0 Å². The number of rotatable bonds is 5. The molecule has 1 atom stereocenters. The summed E-state index contributed by atoms with van der Waals surface area (Å²) in [4.78, 5) is 10.4. The van der Waals surface area contributed by atoms with Crippen LogP contribution in [-0.4, -0.2) is 18.9 Å². The van der Waals surface area contributed by atoms with Gasteiger partial charge in [0.2, 0.25) is 6.29 Å². The van der Waals surface area contributed by atoms with Crippen LogP contribution in [0.15, 0.2) is 0 Å². The van der Waals surface area contributed by atoms with Crippen LogP contribution < -0.4 is 0 Å². The van der Waals surface area contributed by atoms with Crippen LogP contribution >= 0.6 is 0 Å². The summed E-state index contributed by atoms with van der Waals surface area (Å²) in [5.74, 6) is -0.324. The Bertz CT molecular complexity index is 112. The summed E-state index contributed by atoms with van der Waals surface area (Å²) in [7, 11) is 0. The minimum absolute atomic E-state index is 0.324. The smallest absolute Gasteiger partial charge is 0.304 e. The lowest BCUT2D eigenvalue weighted by atomic mass is 10.4. The molecule has 65 valence electrons. The van der Waals surface area contributed by atoms with E-state index in [1.165, 1.54) is 6.92 Å². The zero-order chi connectivity index (χ0) is 8.69. The molecule has 3 heteroatoms. The van der Waals surface area contributed by atoms with Crippen LogP contribution in [-0.2, 0) is 14.3 Å². The molecule has 0 heterocycles. The van der Waals surface area contributed by atoms with Crippen LogP contribution in [0.5, 0.6) is 0 Å². The number of hydrogen-bond donors (Lipinski definition) is 0. The van der Waals surface area contributed by atoms with Gasteiger partial charge in [0.05, 0.1) is 6.61 Å². The van der Waals surface area contributed by atoms with E-state index < -0.39 is 6.29 Å². The first-order valence-electron chi connectivity index (χ1n) is 3.78. The molecule has 1 unspecified atom stereocenters. The van der Waals surface area contributed by atoms with Crippen LogP contribution in [0.25, 0.3) is 0 Å². The zero-order valence-corrected chi connectivity index (χ0v) is 7.13. The van der Waals surface area contributed by atoms with Crippen molar-refractivity contribution >= 4 is 5.97 Å². The van der Waals surface area contributed by atoms with Crippen LogP contribution in [0.1, 0.15) is 26.7 Å². The van der Waals surface area contributed by atoms with Gasteiger partial charge in [0, 0.05) is 13.3 Å². The number of esters is 1. The second-order valence-corrected chi connectivity index (χ2v) is 2.20. The first-order chi connectivity index (χ1) is 5.20. The van der Waals surface area contributed by atoms with Gasteiger partial charge in [0.25, 0.3) is 0 Å². The molecule has 0 bridgehead atoms. The Morgan fingerprint density at radius 1 is 1.64 bits per heavy atom. The highest BCUT2D eigenvalue weighted by Crippen LogP contribution is 2.00. The minimum Gasteiger partial charge on any atom is -0.436 e. The second kappa shape index (κ2) is 6.16. The van der Waals surface area contributed by atoms with Crippen LogP contribution in [0.3, 0.4) is 0 Å². The number of carbonyl (C=O) groups excluding carboxylic acids is 1. The summed E-state index contributed by atoms with van der Waals surface area (Å²) in [5, 5.41) is 0. The summed E-state index contributed by atoms with van der Waals surface area (Å²) in [6, 6.07) is 0. The van der Waals surface area contributed by atoms with Crippen molar-refractivity contribution in [3.05, 3.63) is 6.92 Å². The van der Waals surface area contributed by atoms with Gasteiger partial charge in [-0.3, -0.25) is 4.79 Å². The van der Waals surface area contributed by atoms with Crippen molar-refractivity contribution < 1.29 is 14.3 Å². The molecule has 3 nitrogen and oxygen atoms in total. The van der Waals surface area contributed by atoms with E-state index in [0.717, 1.165) is 6.42 Å². The van der Waals surface area contributed by atoms with Crippen molar-refractivity contribution in [2.45, 2.75) is 33.0 Å². The Kier molecular flexibility index (Phi) is 5.84. The molecule has 0 aliphatic carbocycles. The van der Waals surface area contributed by atoms with E-state index in [4.69, 9.17) is 9.47 Å². The molecule has 0 fully saturated rings. The maximum absolute atomic E-state index is 10.4. The fourth-order valence-corrected chi connectivity index (χ4v) is 0.611. The topological polar surface area (TPSA) is 35.5 Å². The number of ether oxygens (including phenoxy) is 2.